The molecule has 0 aliphatic rings. The second kappa shape index (κ2) is 6.93. The molecule has 17 heavy (non-hydrogen) atoms. The summed E-state index contributed by atoms with van der Waals surface area (Å²) in [5.41, 5.74) is 4.52. The summed E-state index contributed by atoms with van der Waals surface area (Å²) in [6.45, 7) is 6.15. The second-order valence-corrected chi connectivity index (χ2v) is 5.51. The Kier molecular flexibility index (Phi) is 6.67. The second-order valence-electron chi connectivity index (χ2n) is 5.51. The topological polar surface area (TPSA) is 84.6 Å². The lowest BCUT2D eigenvalue weighted by molar-refractivity contribution is -0.122. The van der Waals surface area contributed by atoms with Crippen LogP contribution >= 0.6 is 0 Å². The molecule has 0 aliphatic heterocycles. The predicted octanol–water partition coefficient (Wildman–Crippen LogP) is 0.408. The average molecular weight is 246 g/mol. The van der Waals surface area contributed by atoms with E-state index in [-0.39, 0.29) is 18.0 Å². The molecule has 5 nitrogen and oxygen atoms in total. The van der Waals surface area contributed by atoms with Gasteiger partial charge in [0, 0.05) is 38.6 Å². The highest BCUT2D eigenvalue weighted by atomic mass is 16.5. The fourth-order valence-corrected chi connectivity index (χ4v) is 1.22. The fourth-order valence-electron chi connectivity index (χ4n) is 1.22. The fraction of sp³-hybridized carbons (Fsp3) is 0.917. The number of methoxy groups -OCH3 is 1. The molecule has 1 amide bonds. The van der Waals surface area contributed by atoms with Crippen LogP contribution in [-0.2, 0) is 9.53 Å². The minimum Gasteiger partial charge on any atom is -0.388 e. The van der Waals surface area contributed by atoms with Crippen LogP contribution in [0.3, 0.4) is 0 Å². The summed E-state index contributed by atoms with van der Waals surface area (Å²) in [5, 5.41) is 12.6. The molecule has 1 atom stereocenters. The van der Waals surface area contributed by atoms with Crippen LogP contribution in [0.15, 0.2) is 0 Å². The quantitative estimate of drug-likeness (QED) is 0.579. The molecule has 0 rings (SSSR count). The van der Waals surface area contributed by atoms with Crippen LogP contribution in [0.1, 0.15) is 40.0 Å². The number of hydrogen-bond donors (Lipinski definition) is 3. The highest BCUT2D eigenvalue weighted by Gasteiger charge is 2.21. The van der Waals surface area contributed by atoms with E-state index >= 15 is 0 Å². The van der Waals surface area contributed by atoms with E-state index in [2.05, 4.69) is 5.32 Å². The minimum absolute atomic E-state index is 0.0822. The molecule has 0 heterocycles. The van der Waals surface area contributed by atoms with Gasteiger partial charge in [0.05, 0.1) is 5.60 Å². The van der Waals surface area contributed by atoms with Gasteiger partial charge in [-0.25, -0.2) is 0 Å². The smallest absolute Gasteiger partial charge is 0.220 e. The van der Waals surface area contributed by atoms with Crippen LogP contribution in [0.2, 0.25) is 0 Å². The maximum Gasteiger partial charge on any atom is 0.220 e. The monoisotopic (exact) mass is 246 g/mol. The van der Waals surface area contributed by atoms with Crippen molar-refractivity contribution in [2.45, 2.75) is 51.2 Å². The Balaban J connectivity index is 3.83. The molecular weight excluding hydrogens is 220 g/mol. The van der Waals surface area contributed by atoms with Gasteiger partial charge in [0.1, 0.15) is 0 Å². The maximum atomic E-state index is 11.5. The number of aliphatic hydroxyl groups is 1. The molecule has 0 saturated heterocycles. The van der Waals surface area contributed by atoms with Gasteiger partial charge in [-0.15, -0.1) is 0 Å². The standard InChI is InChI=1S/C12H26N2O3/c1-11(2,13)6-5-10(15)14-9-12(3,16)7-8-17-4/h16H,5-9,13H2,1-4H3,(H,14,15). The molecule has 0 aromatic rings. The molecule has 0 aliphatic carbocycles. The van der Waals surface area contributed by atoms with Crippen LogP contribution in [0.25, 0.3) is 0 Å². The number of hydrogen-bond acceptors (Lipinski definition) is 4. The van der Waals surface area contributed by atoms with Gasteiger partial charge in [-0.05, 0) is 27.2 Å². The predicted molar refractivity (Wildman–Crippen MR) is 67.6 cm³/mol. The van der Waals surface area contributed by atoms with Crippen molar-refractivity contribution in [3.05, 3.63) is 0 Å². The first-order chi connectivity index (χ1) is 7.66. The van der Waals surface area contributed by atoms with Gasteiger partial charge < -0.3 is 20.9 Å². The summed E-state index contributed by atoms with van der Waals surface area (Å²) in [7, 11) is 1.58. The zero-order valence-electron chi connectivity index (χ0n) is 11.4. The van der Waals surface area contributed by atoms with Crippen LogP contribution in [0.5, 0.6) is 0 Å². The molecule has 0 spiro atoms. The molecule has 4 N–H and O–H groups in total. The number of nitrogens with one attached hydrogen (secondary N) is 1. The van der Waals surface area contributed by atoms with Crippen LogP contribution in [0.4, 0.5) is 0 Å². The van der Waals surface area contributed by atoms with Crippen molar-refractivity contribution < 1.29 is 14.6 Å². The van der Waals surface area contributed by atoms with E-state index in [1.165, 1.54) is 0 Å². The average Bonchev–Trinajstić information content (AvgIpc) is 2.20. The number of nitrogens with two attached hydrogens (primary N) is 1. The van der Waals surface area contributed by atoms with Gasteiger partial charge in [0.15, 0.2) is 0 Å². The highest BCUT2D eigenvalue weighted by molar-refractivity contribution is 5.76. The van der Waals surface area contributed by atoms with E-state index in [4.69, 9.17) is 10.5 Å². The van der Waals surface area contributed by atoms with E-state index < -0.39 is 5.60 Å². The molecule has 0 fully saturated rings. The third kappa shape index (κ3) is 10.2. The summed E-state index contributed by atoms with van der Waals surface area (Å²) in [4.78, 5) is 11.5. The molecule has 102 valence electrons. The Hall–Kier alpha value is -0.650. The van der Waals surface area contributed by atoms with Crippen molar-refractivity contribution in [2.24, 2.45) is 5.73 Å². The first-order valence-corrected chi connectivity index (χ1v) is 5.93. The Labute approximate surface area is 104 Å². The van der Waals surface area contributed by atoms with Gasteiger partial charge >= 0.3 is 0 Å². The molecule has 0 saturated carbocycles. The van der Waals surface area contributed by atoms with E-state index in [0.29, 0.717) is 25.9 Å². The lowest BCUT2D eigenvalue weighted by Gasteiger charge is -2.24. The van der Waals surface area contributed by atoms with Gasteiger partial charge in [-0.1, -0.05) is 0 Å². The zero-order chi connectivity index (χ0) is 13.5. The summed E-state index contributed by atoms with van der Waals surface area (Å²) < 4.78 is 4.89. The Morgan fingerprint density at radius 1 is 1.35 bits per heavy atom. The molecule has 0 aromatic carbocycles. The lowest BCUT2D eigenvalue weighted by Crippen LogP contribution is -2.42. The van der Waals surface area contributed by atoms with E-state index in [0.717, 1.165) is 0 Å². The van der Waals surface area contributed by atoms with E-state index in [9.17, 15) is 9.90 Å². The molecule has 0 radical (unpaired) electrons. The lowest BCUT2D eigenvalue weighted by atomic mass is 9.99. The summed E-state index contributed by atoms with van der Waals surface area (Å²) in [5.74, 6) is -0.0822. The minimum atomic E-state index is -0.927. The van der Waals surface area contributed by atoms with E-state index in [1.54, 1.807) is 14.0 Å². The van der Waals surface area contributed by atoms with Gasteiger partial charge in [0.2, 0.25) is 5.91 Å². The van der Waals surface area contributed by atoms with Crippen molar-refractivity contribution in [2.75, 3.05) is 20.3 Å². The first-order valence-electron chi connectivity index (χ1n) is 5.93. The molecule has 0 aromatic heterocycles. The van der Waals surface area contributed by atoms with E-state index in [1.807, 2.05) is 13.8 Å². The van der Waals surface area contributed by atoms with Crippen molar-refractivity contribution in [1.82, 2.24) is 5.32 Å². The summed E-state index contributed by atoms with van der Waals surface area (Å²) >= 11 is 0. The SMILES string of the molecule is COCCC(C)(O)CNC(=O)CCC(C)(C)N. The molecule has 0 bridgehead atoms. The van der Waals surface area contributed by atoms with Crippen LogP contribution in [-0.4, -0.2) is 42.4 Å². The first kappa shape index (κ1) is 16.4. The number of rotatable bonds is 8. The normalized spacial score (nSPS) is 15.4. The van der Waals surface area contributed by atoms with Crippen molar-refractivity contribution >= 4 is 5.91 Å². The number of carbonyl (C=O) groups excluding carboxylic acids is 1. The van der Waals surface area contributed by atoms with Crippen molar-refractivity contribution in [1.29, 1.82) is 0 Å². The highest BCUT2D eigenvalue weighted by Crippen LogP contribution is 2.09. The van der Waals surface area contributed by atoms with Gasteiger partial charge in [-0.2, -0.15) is 0 Å². The largest absolute Gasteiger partial charge is 0.388 e. The molecule has 5 heteroatoms. The van der Waals surface area contributed by atoms with Crippen LogP contribution < -0.4 is 11.1 Å². The summed E-state index contributed by atoms with van der Waals surface area (Å²) in [6, 6.07) is 0. The van der Waals surface area contributed by atoms with Crippen LogP contribution in [0, 0.1) is 0 Å². The summed E-state index contributed by atoms with van der Waals surface area (Å²) in [6.07, 6.45) is 1.50. The number of ether oxygens (including phenoxy) is 1. The third-order valence-corrected chi connectivity index (χ3v) is 2.51. The Bertz CT molecular complexity index is 234. The van der Waals surface area contributed by atoms with Crippen molar-refractivity contribution in [3.8, 4) is 0 Å². The third-order valence-electron chi connectivity index (χ3n) is 2.51. The van der Waals surface area contributed by atoms with Gasteiger partial charge in [-0.3, -0.25) is 4.79 Å². The molecular formula is C12H26N2O3. The number of carbonyl (C=O) groups is 1. The number of amides is 1. The van der Waals surface area contributed by atoms with Gasteiger partial charge in [0.25, 0.3) is 0 Å². The Morgan fingerprint density at radius 2 is 1.94 bits per heavy atom. The van der Waals surface area contributed by atoms with Crippen molar-refractivity contribution in [3.63, 3.8) is 0 Å². The Morgan fingerprint density at radius 3 is 2.41 bits per heavy atom. The molecule has 1 unspecified atom stereocenters. The maximum absolute atomic E-state index is 11.5. The zero-order valence-corrected chi connectivity index (χ0v) is 11.4.